The fourth-order valence-electron chi connectivity index (χ4n) is 4.94. The van der Waals surface area contributed by atoms with Crippen molar-refractivity contribution in [2.45, 2.75) is 71.2 Å². The molecule has 2 rings (SSSR count). The molecule has 0 amide bonds. The molecule has 0 aliphatic heterocycles. The second kappa shape index (κ2) is 6.10. The minimum absolute atomic E-state index is 0.00977. The standard InChI is InChI=1S/C17H30O5/c1-10(9-18)12-5-7-16(3)13(22-11(2)19)6-8-17(4,21)15(16)14(12)20/h10,12-15,18,20-21H,5-9H2,1-4H3/t10-,12+,13-,14+,15-,16+,17-/m1/s1. The van der Waals surface area contributed by atoms with Gasteiger partial charge in [0.1, 0.15) is 6.10 Å². The summed E-state index contributed by atoms with van der Waals surface area (Å²) in [5, 5.41) is 31.2. The maximum atomic E-state index is 11.4. The zero-order valence-corrected chi connectivity index (χ0v) is 14.1. The molecule has 0 unspecified atom stereocenters. The van der Waals surface area contributed by atoms with E-state index in [0.29, 0.717) is 12.8 Å². The van der Waals surface area contributed by atoms with Crippen LogP contribution in [0.5, 0.6) is 0 Å². The van der Waals surface area contributed by atoms with Crippen LogP contribution < -0.4 is 0 Å². The SMILES string of the molecule is CC(=O)O[C@@H]1CC[C@@](C)(O)[C@@H]2[C@@H](O)[C@H]([C@H](C)CO)CC[C@]21C. The van der Waals surface area contributed by atoms with Gasteiger partial charge in [0.05, 0.1) is 11.7 Å². The summed E-state index contributed by atoms with van der Waals surface area (Å²) >= 11 is 0. The molecule has 128 valence electrons. The highest BCUT2D eigenvalue weighted by Gasteiger charge is 2.60. The molecule has 2 fully saturated rings. The van der Waals surface area contributed by atoms with Gasteiger partial charge in [-0.3, -0.25) is 4.79 Å². The summed E-state index contributed by atoms with van der Waals surface area (Å²) in [5.74, 6) is -0.715. The van der Waals surface area contributed by atoms with Gasteiger partial charge in [-0.05, 0) is 44.4 Å². The van der Waals surface area contributed by atoms with E-state index in [1.165, 1.54) is 6.92 Å². The third-order valence-corrected chi connectivity index (χ3v) is 6.15. The molecule has 0 aromatic carbocycles. The smallest absolute Gasteiger partial charge is 0.302 e. The molecule has 3 N–H and O–H groups in total. The Kier molecular flexibility index (Phi) is 4.91. The van der Waals surface area contributed by atoms with Gasteiger partial charge >= 0.3 is 5.97 Å². The summed E-state index contributed by atoms with van der Waals surface area (Å²) in [6.07, 6.45) is 1.70. The molecular weight excluding hydrogens is 284 g/mol. The molecule has 7 atom stereocenters. The van der Waals surface area contributed by atoms with Crippen molar-refractivity contribution in [3.8, 4) is 0 Å². The van der Waals surface area contributed by atoms with Gasteiger partial charge < -0.3 is 20.1 Å². The Morgan fingerprint density at radius 2 is 1.95 bits per heavy atom. The maximum absolute atomic E-state index is 11.4. The Morgan fingerprint density at radius 3 is 2.50 bits per heavy atom. The minimum atomic E-state index is -0.987. The van der Waals surface area contributed by atoms with E-state index in [9.17, 15) is 20.1 Å². The molecule has 0 spiro atoms. The van der Waals surface area contributed by atoms with Crippen molar-refractivity contribution in [3.63, 3.8) is 0 Å². The molecule has 5 heteroatoms. The van der Waals surface area contributed by atoms with Gasteiger partial charge in [-0.1, -0.05) is 13.8 Å². The van der Waals surface area contributed by atoms with E-state index >= 15 is 0 Å². The molecule has 0 aromatic heterocycles. The predicted molar refractivity (Wildman–Crippen MR) is 82.0 cm³/mol. The first-order valence-electron chi connectivity index (χ1n) is 8.32. The zero-order valence-electron chi connectivity index (χ0n) is 14.1. The van der Waals surface area contributed by atoms with Crippen LogP contribution >= 0.6 is 0 Å². The van der Waals surface area contributed by atoms with Gasteiger partial charge in [0.25, 0.3) is 0 Å². The van der Waals surface area contributed by atoms with E-state index in [1.54, 1.807) is 6.92 Å². The summed E-state index contributed by atoms with van der Waals surface area (Å²) in [7, 11) is 0. The highest BCUT2D eigenvalue weighted by atomic mass is 16.5. The number of hydrogen-bond acceptors (Lipinski definition) is 5. The van der Waals surface area contributed by atoms with Crippen molar-refractivity contribution in [2.75, 3.05) is 6.61 Å². The van der Waals surface area contributed by atoms with Gasteiger partial charge in [0, 0.05) is 24.9 Å². The van der Waals surface area contributed by atoms with Gasteiger partial charge in [-0.25, -0.2) is 0 Å². The molecule has 0 heterocycles. The van der Waals surface area contributed by atoms with Crippen LogP contribution in [0.4, 0.5) is 0 Å². The fraction of sp³-hybridized carbons (Fsp3) is 0.941. The van der Waals surface area contributed by atoms with Crippen LogP contribution in [0.1, 0.15) is 53.4 Å². The molecule has 0 saturated heterocycles. The van der Waals surface area contributed by atoms with Crippen molar-refractivity contribution < 1.29 is 24.9 Å². The number of hydrogen-bond donors (Lipinski definition) is 3. The maximum Gasteiger partial charge on any atom is 0.302 e. The molecule has 2 aliphatic carbocycles. The van der Waals surface area contributed by atoms with Crippen molar-refractivity contribution in [2.24, 2.45) is 23.2 Å². The third-order valence-electron chi connectivity index (χ3n) is 6.15. The van der Waals surface area contributed by atoms with E-state index < -0.39 is 17.1 Å². The first kappa shape index (κ1) is 17.7. The molecule has 0 aromatic rings. The number of rotatable bonds is 3. The van der Waals surface area contributed by atoms with Crippen LogP contribution in [0.3, 0.4) is 0 Å². The first-order chi connectivity index (χ1) is 10.1. The van der Waals surface area contributed by atoms with E-state index in [1.807, 2.05) is 13.8 Å². The number of aliphatic hydroxyl groups excluding tert-OH is 2. The molecule has 0 radical (unpaired) electrons. The average Bonchev–Trinajstić information content (AvgIpc) is 2.41. The van der Waals surface area contributed by atoms with E-state index in [4.69, 9.17) is 4.74 Å². The van der Waals surface area contributed by atoms with Gasteiger partial charge in [0.2, 0.25) is 0 Å². The number of esters is 1. The van der Waals surface area contributed by atoms with E-state index in [0.717, 1.165) is 12.8 Å². The Morgan fingerprint density at radius 1 is 1.32 bits per heavy atom. The largest absolute Gasteiger partial charge is 0.462 e. The molecule has 5 nitrogen and oxygen atoms in total. The van der Waals surface area contributed by atoms with Crippen LogP contribution in [-0.2, 0) is 9.53 Å². The van der Waals surface area contributed by atoms with Crippen molar-refractivity contribution >= 4 is 5.97 Å². The number of carbonyl (C=O) groups is 1. The first-order valence-corrected chi connectivity index (χ1v) is 8.32. The number of fused-ring (bicyclic) bond motifs is 1. The molecule has 0 bridgehead atoms. The molecular formula is C17H30O5. The Bertz CT molecular complexity index is 421. The van der Waals surface area contributed by atoms with E-state index in [2.05, 4.69) is 0 Å². The van der Waals surface area contributed by atoms with Gasteiger partial charge in [0.15, 0.2) is 0 Å². The number of aliphatic hydroxyl groups is 3. The Hall–Kier alpha value is -0.650. The highest BCUT2D eigenvalue weighted by Crippen LogP contribution is 2.57. The topological polar surface area (TPSA) is 87.0 Å². The van der Waals surface area contributed by atoms with E-state index in [-0.39, 0.29) is 36.4 Å². The summed E-state index contributed by atoms with van der Waals surface area (Å²) in [6.45, 7) is 7.15. The molecule has 2 saturated carbocycles. The summed E-state index contributed by atoms with van der Waals surface area (Å²) < 4.78 is 5.52. The second-order valence-corrected chi connectivity index (χ2v) is 7.83. The quantitative estimate of drug-likeness (QED) is 0.687. The summed E-state index contributed by atoms with van der Waals surface area (Å²) in [4.78, 5) is 11.4. The van der Waals surface area contributed by atoms with Crippen molar-refractivity contribution in [1.29, 1.82) is 0 Å². The van der Waals surface area contributed by atoms with Crippen LogP contribution in [0.15, 0.2) is 0 Å². The average molecular weight is 314 g/mol. The number of ether oxygens (including phenoxy) is 1. The lowest BCUT2D eigenvalue weighted by Gasteiger charge is -2.59. The van der Waals surface area contributed by atoms with Crippen LogP contribution in [0.25, 0.3) is 0 Å². The summed E-state index contributed by atoms with van der Waals surface area (Å²) in [5.41, 5.74) is -1.42. The van der Waals surface area contributed by atoms with Gasteiger partial charge in [-0.15, -0.1) is 0 Å². The van der Waals surface area contributed by atoms with Crippen LogP contribution in [-0.4, -0.2) is 45.7 Å². The third kappa shape index (κ3) is 2.91. The minimum Gasteiger partial charge on any atom is -0.462 e. The monoisotopic (exact) mass is 314 g/mol. The van der Waals surface area contributed by atoms with Crippen molar-refractivity contribution in [1.82, 2.24) is 0 Å². The zero-order chi connectivity index (χ0) is 16.7. The van der Waals surface area contributed by atoms with Crippen molar-refractivity contribution in [3.05, 3.63) is 0 Å². The normalized spacial score (nSPS) is 46.7. The highest BCUT2D eigenvalue weighted by molar-refractivity contribution is 5.66. The summed E-state index contributed by atoms with van der Waals surface area (Å²) in [6, 6.07) is 0. The fourth-order valence-corrected chi connectivity index (χ4v) is 4.94. The lowest BCUT2D eigenvalue weighted by Crippen LogP contribution is -2.64. The molecule has 2 aliphatic rings. The molecule has 22 heavy (non-hydrogen) atoms. The lowest BCUT2D eigenvalue weighted by atomic mass is 9.50. The van der Waals surface area contributed by atoms with Crippen LogP contribution in [0, 0.1) is 23.2 Å². The second-order valence-electron chi connectivity index (χ2n) is 7.83. The number of carbonyl (C=O) groups excluding carboxylic acids is 1. The van der Waals surface area contributed by atoms with Gasteiger partial charge in [-0.2, -0.15) is 0 Å². The van der Waals surface area contributed by atoms with Crippen LogP contribution in [0.2, 0.25) is 0 Å². The Balaban J connectivity index is 2.33. The Labute approximate surface area is 132 Å². The lowest BCUT2D eigenvalue weighted by molar-refractivity contribution is -0.229. The predicted octanol–water partition coefficient (Wildman–Crippen LogP) is 1.48.